The summed E-state index contributed by atoms with van der Waals surface area (Å²) in [6.45, 7) is 0. The number of aromatic nitrogens is 1. The molecule has 0 N–H and O–H groups in total. The fourth-order valence-corrected chi connectivity index (χ4v) is 1.55. The van der Waals surface area contributed by atoms with E-state index in [0.29, 0.717) is 10.3 Å². The molecule has 0 aliphatic heterocycles. The average Bonchev–Trinajstić information content (AvgIpc) is 2.46. The molecule has 0 saturated heterocycles. The summed E-state index contributed by atoms with van der Waals surface area (Å²) in [7, 11) is 0. The number of benzene rings is 1. The number of hydrogen-bond acceptors (Lipinski definition) is 3. The van der Waals surface area contributed by atoms with Crippen LogP contribution in [0, 0.1) is 16.5 Å². The van der Waals surface area contributed by atoms with Crippen LogP contribution in [-0.4, -0.2) is 5.78 Å². The van der Waals surface area contributed by atoms with Gasteiger partial charge in [-0.2, -0.15) is 9.99 Å². The van der Waals surface area contributed by atoms with Crippen LogP contribution >= 0.6 is 0 Å². The summed E-state index contributed by atoms with van der Waals surface area (Å²) in [6.07, 6.45) is 4.23. The fraction of sp³-hybridized carbons (Fsp3) is 0. The van der Waals surface area contributed by atoms with E-state index in [1.165, 1.54) is 18.3 Å². The third-order valence-corrected chi connectivity index (χ3v) is 2.54. The molecule has 1 heterocycles. The highest BCUT2D eigenvalue weighted by Crippen LogP contribution is 2.06. The zero-order chi connectivity index (χ0) is 13.7. The first-order valence-electron chi connectivity index (χ1n) is 5.61. The second-order valence-corrected chi connectivity index (χ2v) is 3.84. The minimum absolute atomic E-state index is 0.0763. The Labute approximate surface area is 110 Å². The molecule has 1 aromatic heterocycles. The first-order valence-corrected chi connectivity index (χ1v) is 5.61. The summed E-state index contributed by atoms with van der Waals surface area (Å²) in [5.41, 5.74) is 1.43. The molecule has 0 spiro atoms. The van der Waals surface area contributed by atoms with E-state index in [1.807, 2.05) is 6.07 Å². The Kier molecular flexibility index (Phi) is 3.70. The lowest BCUT2D eigenvalue weighted by Crippen LogP contribution is -2.33. The summed E-state index contributed by atoms with van der Waals surface area (Å²) < 4.78 is 0.533. The fourth-order valence-electron chi connectivity index (χ4n) is 1.55. The van der Waals surface area contributed by atoms with Crippen LogP contribution in [0.1, 0.15) is 21.6 Å². The summed E-state index contributed by atoms with van der Waals surface area (Å²) in [6, 6.07) is 13.5. The molecule has 0 unspecified atom stereocenters. The smallest absolute Gasteiger partial charge is 0.264 e. The van der Waals surface area contributed by atoms with Gasteiger partial charge in [-0.05, 0) is 29.8 Å². The zero-order valence-electron chi connectivity index (χ0n) is 9.98. The van der Waals surface area contributed by atoms with Gasteiger partial charge in [0.2, 0.25) is 0 Å². The van der Waals surface area contributed by atoms with Gasteiger partial charge in [0.15, 0.2) is 6.20 Å². The number of carbonyl (C=O) groups is 1. The van der Waals surface area contributed by atoms with Gasteiger partial charge in [-0.15, -0.1) is 0 Å². The monoisotopic (exact) mass is 250 g/mol. The number of rotatable bonds is 3. The molecular weight excluding hydrogens is 240 g/mol. The number of nitriles is 1. The Hall–Kier alpha value is -2.93. The van der Waals surface area contributed by atoms with Gasteiger partial charge in [0.25, 0.3) is 11.5 Å². The molecule has 0 fully saturated rings. The van der Waals surface area contributed by atoms with Crippen molar-refractivity contribution in [1.29, 1.82) is 5.26 Å². The zero-order valence-corrected chi connectivity index (χ0v) is 9.98. The highest BCUT2D eigenvalue weighted by Gasteiger charge is 2.10. The molecule has 0 radical (unpaired) electrons. The molecule has 4 heteroatoms. The highest BCUT2D eigenvalue weighted by atomic mass is 16.5. The maximum Gasteiger partial charge on any atom is 0.264 e. The van der Waals surface area contributed by atoms with Crippen molar-refractivity contribution in [2.75, 3.05) is 0 Å². The van der Waals surface area contributed by atoms with Crippen LogP contribution in [0.4, 0.5) is 0 Å². The Morgan fingerprint density at radius 3 is 2.58 bits per heavy atom. The third-order valence-electron chi connectivity index (χ3n) is 2.54. The van der Waals surface area contributed by atoms with E-state index < -0.39 is 0 Å². The van der Waals surface area contributed by atoms with Crippen LogP contribution in [0.25, 0.3) is 6.08 Å². The molecule has 1 aromatic carbocycles. The maximum absolute atomic E-state index is 11.8. The molecule has 0 bridgehead atoms. The lowest BCUT2D eigenvalue weighted by molar-refractivity contribution is -0.607. The summed E-state index contributed by atoms with van der Waals surface area (Å²) in [4.78, 5) is 11.8. The van der Waals surface area contributed by atoms with Gasteiger partial charge in [0.1, 0.15) is 0 Å². The van der Waals surface area contributed by atoms with Crippen molar-refractivity contribution in [2.24, 2.45) is 0 Å². The quantitative estimate of drug-likeness (QED) is 0.362. The van der Waals surface area contributed by atoms with Crippen molar-refractivity contribution < 1.29 is 9.52 Å². The molecule has 92 valence electrons. The number of pyridine rings is 1. The van der Waals surface area contributed by atoms with Gasteiger partial charge in [0, 0.05) is 12.1 Å². The molecule has 19 heavy (non-hydrogen) atoms. The predicted molar refractivity (Wildman–Crippen MR) is 69.9 cm³/mol. The average molecular weight is 250 g/mol. The number of carbonyl (C=O) groups excluding carboxylic acids is 1. The Morgan fingerprint density at radius 1 is 1.21 bits per heavy atom. The molecule has 0 saturated carbocycles. The highest BCUT2D eigenvalue weighted by molar-refractivity contribution is 6.04. The van der Waals surface area contributed by atoms with Gasteiger partial charge in [-0.3, -0.25) is 4.79 Å². The summed E-state index contributed by atoms with van der Waals surface area (Å²) in [5, 5.41) is 20.0. The molecule has 4 nitrogen and oxygen atoms in total. The molecule has 0 aliphatic carbocycles. The summed E-state index contributed by atoms with van der Waals surface area (Å²) in [5.74, 6) is -0.361. The minimum Gasteiger partial charge on any atom is -0.618 e. The van der Waals surface area contributed by atoms with Crippen molar-refractivity contribution in [3.05, 3.63) is 76.8 Å². The van der Waals surface area contributed by atoms with Crippen molar-refractivity contribution in [3.63, 3.8) is 0 Å². The van der Waals surface area contributed by atoms with Crippen LogP contribution in [0.3, 0.4) is 0 Å². The van der Waals surface area contributed by atoms with E-state index in [9.17, 15) is 10.0 Å². The molecule has 0 aliphatic rings. The van der Waals surface area contributed by atoms with Gasteiger partial charge >= 0.3 is 0 Å². The van der Waals surface area contributed by atoms with E-state index in [-0.39, 0.29) is 11.5 Å². The lowest BCUT2D eigenvalue weighted by Gasteiger charge is -1.99. The molecule has 0 atom stereocenters. The molecule has 2 aromatic rings. The van der Waals surface area contributed by atoms with Crippen LogP contribution < -0.4 is 4.73 Å². The van der Waals surface area contributed by atoms with Crippen LogP contribution in [0.15, 0.2) is 54.7 Å². The topological polar surface area (TPSA) is 67.8 Å². The summed E-state index contributed by atoms with van der Waals surface area (Å²) >= 11 is 0. The van der Waals surface area contributed by atoms with Crippen molar-refractivity contribution in [3.8, 4) is 6.07 Å². The standard InChI is InChI=1S/C15H10N2O2/c16-11-13-6-4-12(5-7-13)8-9-15(18)14-3-1-2-10-17(14)19/h1-10H/b9-8+. The molecule has 0 amide bonds. The van der Waals surface area contributed by atoms with E-state index in [0.717, 1.165) is 5.56 Å². The third kappa shape index (κ3) is 3.05. The SMILES string of the molecule is N#Cc1ccc(/C=C/C(=O)c2cccc[n+]2[O-])cc1. The lowest BCUT2D eigenvalue weighted by atomic mass is 10.1. The Morgan fingerprint density at radius 2 is 1.95 bits per heavy atom. The van der Waals surface area contributed by atoms with Crippen LogP contribution in [0.5, 0.6) is 0 Å². The Bertz CT molecular complexity index is 667. The predicted octanol–water partition coefficient (Wildman–Crippen LogP) is 2.09. The largest absolute Gasteiger partial charge is 0.618 e. The van der Waals surface area contributed by atoms with E-state index in [1.54, 1.807) is 42.5 Å². The first kappa shape index (κ1) is 12.5. The van der Waals surface area contributed by atoms with Gasteiger partial charge in [0.05, 0.1) is 11.6 Å². The number of nitrogens with zero attached hydrogens (tertiary/aromatic N) is 2. The first-order chi connectivity index (χ1) is 9.20. The van der Waals surface area contributed by atoms with Crippen molar-refractivity contribution in [1.82, 2.24) is 0 Å². The minimum atomic E-state index is -0.361. The maximum atomic E-state index is 11.8. The van der Waals surface area contributed by atoms with E-state index >= 15 is 0 Å². The normalized spacial score (nSPS) is 10.3. The van der Waals surface area contributed by atoms with Crippen LogP contribution in [-0.2, 0) is 0 Å². The van der Waals surface area contributed by atoms with Gasteiger partial charge < -0.3 is 5.21 Å². The van der Waals surface area contributed by atoms with Gasteiger partial charge in [-0.25, -0.2) is 0 Å². The number of hydrogen-bond donors (Lipinski definition) is 0. The molecular formula is C15H10N2O2. The number of ketones is 1. The van der Waals surface area contributed by atoms with Crippen molar-refractivity contribution in [2.45, 2.75) is 0 Å². The van der Waals surface area contributed by atoms with Gasteiger partial charge in [-0.1, -0.05) is 18.2 Å². The van der Waals surface area contributed by atoms with E-state index in [2.05, 4.69) is 0 Å². The Balaban J connectivity index is 2.16. The van der Waals surface area contributed by atoms with Crippen molar-refractivity contribution >= 4 is 11.9 Å². The molecule has 2 rings (SSSR count). The second kappa shape index (κ2) is 5.61. The van der Waals surface area contributed by atoms with E-state index in [4.69, 9.17) is 5.26 Å². The second-order valence-electron chi connectivity index (χ2n) is 3.84. The van der Waals surface area contributed by atoms with Crippen LogP contribution in [0.2, 0.25) is 0 Å². The number of allylic oxidation sites excluding steroid dienone is 1.